The Hall–Kier alpha value is -1.77. The Morgan fingerprint density at radius 3 is 2.81 bits per heavy atom. The number of ether oxygens (including phenoxy) is 2. The maximum absolute atomic E-state index is 14.4. The van der Waals surface area contributed by atoms with E-state index in [1.54, 1.807) is 0 Å². The smallest absolute Gasteiger partial charge is 0.226 e. The molecule has 0 radical (unpaired) electrons. The van der Waals surface area contributed by atoms with Crippen LogP contribution in [0.2, 0.25) is 0 Å². The third kappa shape index (κ3) is 4.94. The molecular formula is C19H18F2O4S2. The number of rotatable bonds is 9. The zero-order valence-electron chi connectivity index (χ0n) is 14.5. The van der Waals surface area contributed by atoms with E-state index in [9.17, 15) is 13.6 Å². The number of fused-ring (bicyclic) bond motifs is 1. The molecule has 0 atom stereocenters. The lowest BCUT2D eigenvalue weighted by molar-refractivity contribution is -0.107. The van der Waals surface area contributed by atoms with Crippen LogP contribution in [0.15, 0.2) is 29.2 Å². The van der Waals surface area contributed by atoms with E-state index < -0.39 is 11.6 Å². The van der Waals surface area contributed by atoms with Gasteiger partial charge in [0.25, 0.3) is 0 Å². The van der Waals surface area contributed by atoms with Gasteiger partial charge < -0.3 is 13.9 Å². The second kappa shape index (κ2) is 8.95. The molecule has 4 nitrogen and oxygen atoms in total. The van der Waals surface area contributed by atoms with Crippen molar-refractivity contribution in [2.75, 3.05) is 25.6 Å². The lowest BCUT2D eigenvalue weighted by atomic mass is 10.1. The first-order valence-electron chi connectivity index (χ1n) is 8.46. The van der Waals surface area contributed by atoms with Crippen LogP contribution in [0.25, 0.3) is 11.0 Å². The third-order valence-electron chi connectivity index (χ3n) is 4.05. The van der Waals surface area contributed by atoms with Crippen molar-refractivity contribution in [2.45, 2.75) is 18.8 Å². The Morgan fingerprint density at radius 2 is 2.11 bits per heavy atom. The van der Waals surface area contributed by atoms with Gasteiger partial charge in [-0.15, -0.1) is 0 Å². The molecule has 27 heavy (non-hydrogen) atoms. The van der Waals surface area contributed by atoms with Gasteiger partial charge in [0.1, 0.15) is 12.2 Å². The summed E-state index contributed by atoms with van der Waals surface area (Å²) in [5.74, 6) is -0.604. The molecule has 0 unspecified atom stereocenters. The zero-order chi connectivity index (χ0) is 19.4. The van der Waals surface area contributed by atoms with E-state index in [0.717, 1.165) is 24.6 Å². The molecule has 0 spiro atoms. The zero-order valence-corrected chi connectivity index (χ0v) is 16.1. The summed E-state index contributed by atoms with van der Waals surface area (Å²) in [4.78, 5) is 11.0. The third-order valence-corrected chi connectivity index (χ3v) is 5.14. The average molecular weight is 412 g/mol. The highest BCUT2D eigenvalue weighted by molar-refractivity contribution is 8.14. The Morgan fingerprint density at radius 1 is 1.33 bits per heavy atom. The van der Waals surface area contributed by atoms with Gasteiger partial charge >= 0.3 is 0 Å². The number of hydrogen-bond acceptors (Lipinski definition) is 6. The number of carbonyl (C=O) groups is 1. The predicted molar refractivity (Wildman–Crippen MR) is 103 cm³/mol. The van der Waals surface area contributed by atoms with Crippen LogP contribution in [-0.4, -0.2) is 30.7 Å². The summed E-state index contributed by atoms with van der Waals surface area (Å²) in [7, 11) is 0. The fourth-order valence-corrected chi connectivity index (χ4v) is 3.38. The van der Waals surface area contributed by atoms with E-state index in [2.05, 4.69) is 6.58 Å². The molecule has 1 fully saturated rings. The Balaban J connectivity index is 1.62. The van der Waals surface area contributed by atoms with E-state index in [4.69, 9.17) is 26.1 Å². The predicted octanol–water partition coefficient (Wildman–Crippen LogP) is 5.16. The minimum atomic E-state index is -0.594. The van der Waals surface area contributed by atoms with Crippen LogP contribution >= 0.6 is 24.0 Å². The minimum absolute atomic E-state index is 0.00573. The quantitative estimate of drug-likeness (QED) is 0.322. The summed E-state index contributed by atoms with van der Waals surface area (Å²) in [5, 5.41) is 0.286. The summed E-state index contributed by atoms with van der Waals surface area (Å²) in [6.07, 6.45) is 2.97. The molecule has 2 aromatic rings. The van der Waals surface area contributed by atoms with Crippen LogP contribution in [-0.2, 0) is 9.53 Å². The van der Waals surface area contributed by atoms with Crippen LogP contribution in [0, 0.1) is 16.3 Å². The van der Waals surface area contributed by atoms with E-state index >= 15 is 0 Å². The topological polar surface area (TPSA) is 48.7 Å². The summed E-state index contributed by atoms with van der Waals surface area (Å²) in [6.45, 7) is 4.11. The van der Waals surface area contributed by atoms with Crippen molar-refractivity contribution in [1.82, 2.24) is 0 Å². The van der Waals surface area contributed by atoms with Gasteiger partial charge in [0.05, 0.1) is 13.2 Å². The van der Waals surface area contributed by atoms with Gasteiger partial charge in [-0.2, -0.15) is 0 Å². The summed E-state index contributed by atoms with van der Waals surface area (Å²) >= 11 is 6.05. The van der Waals surface area contributed by atoms with Crippen LogP contribution in [0.5, 0.6) is 5.75 Å². The lowest BCUT2D eigenvalue weighted by Gasteiger charge is -2.11. The first-order valence-corrected chi connectivity index (χ1v) is 9.86. The normalized spacial score (nSPS) is 13.7. The van der Waals surface area contributed by atoms with Crippen molar-refractivity contribution in [3.8, 4) is 5.75 Å². The van der Waals surface area contributed by atoms with Crippen molar-refractivity contribution in [3.63, 3.8) is 0 Å². The second-order valence-corrected chi connectivity index (χ2v) is 7.47. The Bertz CT molecular complexity index is 922. The molecule has 1 heterocycles. The maximum atomic E-state index is 14.4. The molecule has 1 aromatic heterocycles. The van der Waals surface area contributed by atoms with Gasteiger partial charge in [0.2, 0.25) is 9.82 Å². The standard InChI is InChI=1S/C19H18F2O4S2/c1-2-16(22)27-8-7-23-5-6-24-15-10-14-12(9-13(15)20)17(11-3-4-11)18(21)19(26)25-14/h2,9-11H,1,3-8H2. The van der Waals surface area contributed by atoms with E-state index in [1.165, 1.54) is 18.2 Å². The number of benzene rings is 1. The van der Waals surface area contributed by atoms with Crippen molar-refractivity contribution in [1.29, 1.82) is 0 Å². The maximum Gasteiger partial charge on any atom is 0.226 e. The molecule has 144 valence electrons. The monoisotopic (exact) mass is 412 g/mol. The van der Waals surface area contributed by atoms with Crippen LogP contribution in [0.1, 0.15) is 24.3 Å². The fourth-order valence-electron chi connectivity index (χ4n) is 2.66. The molecule has 0 saturated heterocycles. The average Bonchev–Trinajstić information content (AvgIpc) is 3.47. The van der Waals surface area contributed by atoms with Crippen LogP contribution in [0.4, 0.5) is 8.78 Å². The number of halogens is 2. The number of thioether (sulfide) groups is 1. The van der Waals surface area contributed by atoms with E-state index in [-0.39, 0.29) is 34.7 Å². The molecule has 0 N–H and O–H groups in total. The molecule has 1 aliphatic rings. The lowest BCUT2D eigenvalue weighted by Crippen LogP contribution is -2.09. The van der Waals surface area contributed by atoms with Gasteiger partial charge in [-0.3, -0.25) is 4.79 Å². The minimum Gasteiger partial charge on any atom is -0.488 e. The highest BCUT2D eigenvalue weighted by Gasteiger charge is 2.30. The van der Waals surface area contributed by atoms with Gasteiger partial charge in [-0.05, 0) is 43.1 Å². The van der Waals surface area contributed by atoms with Gasteiger partial charge in [-0.1, -0.05) is 18.3 Å². The van der Waals surface area contributed by atoms with E-state index in [1.807, 2.05) is 0 Å². The number of carbonyl (C=O) groups excluding carboxylic acids is 1. The van der Waals surface area contributed by atoms with Gasteiger partial charge in [0, 0.05) is 22.8 Å². The summed E-state index contributed by atoms with van der Waals surface area (Å²) < 4.78 is 44.5. The van der Waals surface area contributed by atoms with Crippen molar-refractivity contribution < 1.29 is 27.5 Å². The van der Waals surface area contributed by atoms with Crippen molar-refractivity contribution in [2.24, 2.45) is 0 Å². The van der Waals surface area contributed by atoms with Crippen LogP contribution < -0.4 is 4.74 Å². The molecule has 1 saturated carbocycles. The summed E-state index contributed by atoms with van der Waals surface area (Å²) in [5.41, 5.74) is 0.738. The summed E-state index contributed by atoms with van der Waals surface area (Å²) in [6, 6.07) is 2.63. The molecule has 1 aliphatic carbocycles. The van der Waals surface area contributed by atoms with Crippen LogP contribution in [0.3, 0.4) is 0 Å². The first kappa shape index (κ1) is 20.0. The van der Waals surface area contributed by atoms with Gasteiger partial charge in [0.15, 0.2) is 17.4 Å². The molecule has 3 rings (SSSR count). The molecule has 1 aromatic carbocycles. The largest absolute Gasteiger partial charge is 0.488 e. The highest BCUT2D eigenvalue weighted by atomic mass is 32.2. The molecule has 0 aliphatic heterocycles. The highest BCUT2D eigenvalue weighted by Crippen LogP contribution is 2.45. The van der Waals surface area contributed by atoms with Gasteiger partial charge in [-0.25, -0.2) is 8.78 Å². The Labute approximate surface area is 164 Å². The fraction of sp³-hybridized carbons (Fsp3) is 0.368. The molecular weight excluding hydrogens is 394 g/mol. The van der Waals surface area contributed by atoms with Crippen molar-refractivity contribution >= 4 is 40.1 Å². The SMILES string of the molecule is C=CC(=O)SCCOCCOc1cc2oc(=S)c(F)c(C3CC3)c2cc1F. The van der Waals surface area contributed by atoms with E-state index in [0.29, 0.717) is 28.9 Å². The second-order valence-electron chi connectivity index (χ2n) is 6.00. The molecule has 0 amide bonds. The number of hydrogen-bond donors (Lipinski definition) is 0. The molecule has 0 bridgehead atoms. The molecule has 8 heteroatoms. The van der Waals surface area contributed by atoms with Crippen molar-refractivity contribution in [3.05, 3.63) is 46.7 Å². The first-order chi connectivity index (χ1) is 13.0. The Kier molecular flexibility index (Phi) is 6.62.